The Morgan fingerprint density at radius 2 is 1.09 bits per heavy atom. The van der Waals surface area contributed by atoms with E-state index in [1.807, 2.05) is 41.0 Å². The second kappa shape index (κ2) is 9.85. The van der Waals surface area contributed by atoms with Crippen LogP contribution >= 0.6 is 0 Å². The van der Waals surface area contributed by atoms with Crippen LogP contribution in [0.15, 0.2) is 114 Å². The van der Waals surface area contributed by atoms with Crippen molar-refractivity contribution in [2.45, 2.75) is 26.1 Å². The van der Waals surface area contributed by atoms with Crippen LogP contribution in [0.5, 0.6) is 0 Å². The first kappa shape index (κ1) is 21.2. The molecule has 3 heteroatoms. The average molecular weight is 433 g/mol. The molecule has 5 rings (SSSR count). The van der Waals surface area contributed by atoms with E-state index in [-0.39, 0.29) is 5.56 Å². The van der Waals surface area contributed by atoms with Crippen molar-refractivity contribution in [2.24, 2.45) is 0 Å². The third-order valence-corrected chi connectivity index (χ3v) is 6.24. The first-order chi connectivity index (χ1) is 16.3. The molecule has 3 nitrogen and oxygen atoms in total. The highest BCUT2D eigenvalue weighted by Gasteiger charge is 2.12. The second-order valence-corrected chi connectivity index (χ2v) is 8.55. The lowest BCUT2D eigenvalue weighted by Gasteiger charge is -2.23. The van der Waals surface area contributed by atoms with Crippen LogP contribution in [-0.4, -0.2) is 16.0 Å². The summed E-state index contributed by atoms with van der Waals surface area (Å²) in [5, 5.41) is 2.96. The van der Waals surface area contributed by atoms with E-state index in [1.54, 1.807) is 0 Å². The highest BCUT2D eigenvalue weighted by atomic mass is 16.1. The number of nitrogens with zero attached hydrogens (tertiary/aromatic N) is 2. The van der Waals surface area contributed by atoms with Gasteiger partial charge in [-0.2, -0.15) is 0 Å². The summed E-state index contributed by atoms with van der Waals surface area (Å²) in [5.41, 5.74) is 3.73. The SMILES string of the molecule is O=c1c2ccccc2c2ccccc2n1CCCN(Cc1ccccc1)Cc1ccccc1. The summed E-state index contributed by atoms with van der Waals surface area (Å²) >= 11 is 0. The van der Waals surface area contributed by atoms with Crippen molar-refractivity contribution in [1.82, 2.24) is 9.47 Å². The molecule has 0 unspecified atom stereocenters. The van der Waals surface area contributed by atoms with E-state index in [9.17, 15) is 4.79 Å². The van der Waals surface area contributed by atoms with Crippen molar-refractivity contribution in [3.63, 3.8) is 0 Å². The molecule has 0 amide bonds. The average Bonchev–Trinajstić information content (AvgIpc) is 2.87. The maximum atomic E-state index is 13.3. The number of aryl methyl sites for hydroxylation is 1. The zero-order valence-electron chi connectivity index (χ0n) is 18.7. The number of hydrogen-bond donors (Lipinski definition) is 0. The molecule has 0 fully saturated rings. The van der Waals surface area contributed by atoms with Gasteiger partial charge in [0.05, 0.1) is 5.52 Å². The van der Waals surface area contributed by atoms with Gasteiger partial charge in [-0.1, -0.05) is 97.1 Å². The summed E-state index contributed by atoms with van der Waals surface area (Å²) in [6.07, 6.45) is 0.905. The molecular weight excluding hydrogens is 404 g/mol. The smallest absolute Gasteiger partial charge is 0.258 e. The quantitative estimate of drug-likeness (QED) is 0.271. The molecular formula is C30H28N2O. The molecule has 0 aliphatic rings. The summed E-state index contributed by atoms with van der Waals surface area (Å²) in [5.74, 6) is 0. The topological polar surface area (TPSA) is 25.2 Å². The van der Waals surface area contributed by atoms with Gasteiger partial charge in [-0.15, -0.1) is 0 Å². The predicted molar refractivity (Wildman–Crippen MR) is 137 cm³/mol. The molecule has 0 aliphatic heterocycles. The van der Waals surface area contributed by atoms with E-state index in [1.165, 1.54) is 11.1 Å². The van der Waals surface area contributed by atoms with Gasteiger partial charge >= 0.3 is 0 Å². The predicted octanol–water partition coefficient (Wildman–Crippen LogP) is 6.25. The van der Waals surface area contributed by atoms with Gasteiger partial charge in [-0.3, -0.25) is 9.69 Å². The van der Waals surface area contributed by atoms with Crippen LogP contribution in [0.3, 0.4) is 0 Å². The Balaban J connectivity index is 1.40. The fraction of sp³-hybridized carbons (Fsp3) is 0.167. The third kappa shape index (κ3) is 4.74. The highest BCUT2D eigenvalue weighted by molar-refractivity contribution is 6.05. The Labute approximate surface area is 194 Å². The van der Waals surface area contributed by atoms with Crippen molar-refractivity contribution in [3.05, 3.63) is 131 Å². The zero-order valence-corrected chi connectivity index (χ0v) is 18.7. The van der Waals surface area contributed by atoms with E-state index in [0.717, 1.165) is 47.7 Å². The molecule has 1 aromatic heterocycles. The summed E-state index contributed by atoms with van der Waals surface area (Å²) in [6, 6.07) is 37.4. The maximum absolute atomic E-state index is 13.3. The molecule has 0 saturated carbocycles. The number of hydrogen-bond acceptors (Lipinski definition) is 2. The molecule has 0 bridgehead atoms. The van der Waals surface area contributed by atoms with E-state index < -0.39 is 0 Å². The Morgan fingerprint density at radius 1 is 0.576 bits per heavy atom. The van der Waals surface area contributed by atoms with Crippen LogP contribution in [0.2, 0.25) is 0 Å². The van der Waals surface area contributed by atoms with Crippen molar-refractivity contribution in [2.75, 3.05) is 6.54 Å². The number of pyridine rings is 1. The Hall–Kier alpha value is -3.69. The normalized spacial score (nSPS) is 11.4. The molecule has 164 valence electrons. The molecule has 0 spiro atoms. The molecule has 33 heavy (non-hydrogen) atoms. The standard InChI is InChI=1S/C30H28N2O/c33-30-28-18-8-7-16-26(28)27-17-9-10-19-29(27)32(30)21-11-20-31(22-24-12-3-1-4-13-24)23-25-14-5-2-6-15-25/h1-10,12-19H,11,20-23H2. The van der Waals surface area contributed by atoms with Gasteiger partial charge < -0.3 is 4.57 Å². The summed E-state index contributed by atoms with van der Waals surface area (Å²) < 4.78 is 1.96. The van der Waals surface area contributed by atoms with E-state index in [0.29, 0.717) is 6.54 Å². The highest BCUT2D eigenvalue weighted by Crippen LogP contribution is 2.22. The van der Waals surface area contributed by atoms with Crippen LogP contribution in [0, 0.1) is 0 Å². The number of fused-ring (bicyclic) bond motifs is 3. The molecule has 0 radical (unpaired) electrons. The molecule has 0 atom stereocenters. The van der Waals surface area contributed by atoms with Crippen LogP contribution in [0.25, 0.3) is 21.7 Å². The fourth-order valence-corrected chi connectivity index (χ4v) is 4.67. The monoisotopic (exact) mass is 432 g/mol. The minimum absolute atomic E-state index is 0.0990. The number of aromatic nitrogens is 1. The van der Waals surface area contributed by atoms with Gasteiger partial charge in [0, 0.05) is 37.0 Å². The number of benzene rings is 4. The number of para-hydroxylation sites is 1. The minimum Gasteiger partial charge on any atom is -0.308 e. The third-order valence-electron chi connectivity index (χ3n) is 6.24. The molecule has 0 saturated heterocycles. The van der Waals surface area contributed by atoms with Crippen molar-refractivity contribution < 1.29 is 0 Å². The Morgan fingerprint density at radius 3 is 1.73 bits per heavy atom. The van der Waals surface area contributed by atoms with Crippen LogP contribution < -0.4 is 5.56 Å². The van der Waals surface area contributed by atoms with E-state index >= 15 is 0 Å². The largest absolute Gasteiger partial charge is 0.308 e. The Kier molecular flexibility index (Phi) is 6.32. The fourth-order valence-electron chi connectivity index (χ4n) is 4.67. The molecule has 0 N–H and O–H groups in total. The van der Waals surface area contributed by atoms with Gasteiger partial charge in [0.15, 0.2) is 0 Å². The lowest BCUT2D eigenvalue weighted by Crippen LogP contribution is -2.27. The molecule has 5 aromatic rings. The summed E-state index contributed by atoms with van der Waals surface area (Å²) in [7, 11) is 0. The molecule has 4 aromatic carbocycles. The zero-order chi connectivity index (χ0) is 22.5. The molecule has 1 heterocycles. The van der Waals surface area contributed by atoms with Crippen LogP contribution in [-0.2, 0) is 19.6 Å². The van der Waals surface area contributed by atoms with Crippen LogP contribution in [0.1, 0.15) is 17.5 Å². The number of rotatable bonds is 8. The summed E-state index contributed by atoms with van der Waals surface area (Å²) in [6.45, 7) is 3.40. The van der Waals surface area contributed by atoms with Gasteiger partial charge in [0.25, 0.3) is 5.56 Å². The summed E-state index contributed by atoms with van der Waals surface area (Å²) in [4.78, 5) is 15.8. The first-order valence-electron chi connectivity index (χ1n) is 11.6. The lowest BCUT2D eigenvalue weighted by atomic mass is 10.1. The van der Waals surface area contributed by atoms with Crippen molar-refractivity contribution in [3.8, 4) is 0 Å². The maximum Gasteiger partial charge on any atom is 0.258 e. The Bertz CT molecular complexity index is 1370. The van der Waals surface area contributed by atoms with Gasteiger partial charge in [0.1, 0.15) is 0 Å². The second-order valence-electron chi connectivity index (χ2n) is 8.55. The van der Waals surface area contributed by atoms with Crippen molar-refractivity contribution in [1.29, 1.82) is 0 Å². The lowest BCUT2D eigenvalue weighted by molar-refractivity contribution is 0.248. The van der Waals surface area contributed by atoms with Gasteiger partial charge in [-0.05, 0) is 35.1 Å². The van der Waals surface area contributed by atoms with Crippen LogP contribution in [0.4, 0.5) is 0 Å². The first-order valence-corrected chi connectivity index (χ1v) is 11.6. The van der Waals surface area contributed by atoms with Gasteiger partial charge in [0.2, 0.25) is 0 Å². The van der Waals surface area contributed by atoms with Crippen molar-refractivity contribution >= 4 is 21.7 Å². The van der Waals surface area contributed by atoms with E-state index in [2.05, 4.69) is 77.7 Å². The van der Waals surface area contributed by atoms with E-state index in [4.69, 9.17) is 0 Å². The van der Waals surface area contributed by atoms with Gasteiger partial charge in [-0.25, -0.2) is 0 Å². The minimum atomic E-state index is 0.0990. The molecule has 0 aliphatic carbocycles.